The minimum absolute atomic E-state index is 0.0437. The smallest absolute Gasteiger partial charge is 0.261 e. The molecule has 1 aliphatic heterocycles. The highest BCUT2D eigenvalue weighted by Crippen LogP contribution is 2.25. The molecule has 0 saturated carbocycles. The summed E-state index contributed by atoms with van der Waals surface area (Å²) in [5.41, 5.74) is 2.33. The Morgan fingerprint density at radius 1 is 1.33 bits per heavy atom. The van der Waals surface area contributed by atoms with Crippen LogP contribution in [-0.4, -0.2) is 18.3 Å². The van der Waals surface area contributed by atoms with Crippen LogP contribution in [0.15, 0.2) is 34.9 Å². The number of ether oxygens (including phenoxy) is 1. The molecule has 0 unspecified atom stereocenters. The zero-order chi connectivity index (χ0) is 13.0. The van der Waals surface area contributed by atoms with E-state index >= 15 is 0 Å². The quantitative estimate of drug-likeness (QED) is 0.911. The summed E-state index contributed by atoms with van der Waals surface area (Å²) in [4.78, 5) is 12.7. The molecule has 96 valence electrons. The van der Waals surface area contributed by atoms with Crippen LogP contribution in [0.3, 0.4) is 0 Å². The van der Waals surface area contributed by atoms with Gasteiger partial charge in [-0.05, 0) is 19.4 Å². The normalized spacial score (nSPS) is 15.2. The Labute approximate surface area is 112 Å². The van der Waals surface area contributed by atoms with Crippen molar-refractivity contribution in [2.45, 2.75) is 20.4 Å². The van der Waals surface area contributed by atoms with Gasteiger partial charge < -0.3 is 10.1 Å². The van der Waals surface area contributed by atoms with Gasteiger partial charge in [0.1, 0.15) is 10.7 Å². The Bertz CT molecular complexity index is 465. The highest BCUT2D eigenvalue weighted by molar-refractivity contribution is 8.04. The van der Waals surface area contributed by atoms with Gasteiger partial charge in [0.25, 0.3) is 5.91 Å². The van der Waals surface area contributed by atoms with Crippen LogP contribution < -0.4 is 5.32 Å². The second-order valence-electron chi connectivity index (χ2n) is 4.25. The minimum Gasteiger partial charge on any atom is -0.496 e. The van der Waals surface area contributed by atoms with Crippen LogP contribution in [0, 0.1) is 6.92 Å². The minimum atomic E-state index is -0.0437. The zero-order valence-corrected chi connectivity index (χ0v) is 11.5. The first-order valence-electron chi connectivity index (χ1n) is 5.97. The molecule has 3 nitrogen and oxygen atoms in total. The Balaban J connectivity index is 1.94. The fraction of sp³-hybridized carbons (Fsp3) is 0.357. The van der Waals surface area contributed by atoms with E-state index in [1.165, 1.54) is 5.56 Å². The van der Waals surface area contributed by atoms with Crippen LogP contribution >= 0.6 is 11.8 Å². The molecule has 0 radical (unpaired) electrons. The van der Waals surface area contributed by atoms with Crippen molar-refractivity contribution in [3.63, 3.8) is 0 Å². The Hall–Kier alpha value is -1.42. The second-order valence-corrected chi connectivity index (χ2v) is 5.36. The molecule has 0 aliphatic carbocycles. The van der Waals surface area contributed by atoms with Crippen LogP contribution in [0.4, 0.5) is 0 Å². The molecule has 0 saturated heterocycles. The largest absolute Gasteiger partial charge is 0.496 e. The van der Waals surface area contributed by atoms with Gasteiger partial charge in [-0.3, -0.25) is 4.79 Å². The van der Waals surface area contributed by atoms with Gasteiger partial charge in [0.05, 0.1) is 6.61 Å². The third-order valence-electron chi connectivity index (χ3n) is 2.75. The van der Waals surface area contributed by atoms with E-state index in [1.807, 2.05) is 38.1 Å². The number of thioether (sulfide) groups is 1. The summed E-state index contributed by atoms with van der Waals surface area (Å²) in [5, 5.41) is 2.92. The lowest BCUT2D eigenvalue weighted by molar-refractivity contribution is -0.117. The average Bonchev–Trinajstić information content (AvgIpc) is 2.38. The summed E-state index contributed by atoms with van der Waals surface area (Å²) in [5.74, 6) is 1.52. The number of nitrogens with one attached hydrogen (secondary N) is 1. The molecule has 1 amide bonds. The molecule has 1 aromatic rings. The highest BCUT2D eigenvalue weighted by Gasteiger charge is 2.18. The maximum Gasteiger partial charge on any atom is 0.261 e. The van der Waals surface area contributed by atoms with E-state index in [2.05, 4.69) is 5.32 Å². The average molecular weight is 263 g/mol. The molecule has 0 spiro atoms. The number of benzene rings is 1. The number of carbonyl (C=O) groups is 1. The van der Waals surface area contributed by atoms with Crippen LogP contribution in [0.5, 0.6) is 0 Å². The van der Waals surface area contributed by atoms with Gasteiger partial charge in [-0.25, -0.2) is 0 Å². The molecule has 0 atom stereocenters. The summed E-state index contributed by atoms with van der Waals surface area (Å²) in [6.45, 7) is 5.13. The molecule has 0 fully saturated rings. The van der Waals surface area contributed by atoms with E-state index in [-0.39, 0.29) is 5.91 Å². The van der Waals surface area contributed by atoms with Gasteiger partial charge >= 0.3 is 0 Å². The number of hydrogen-bond donors (Lipinski definition) is 1. The van der Waals surface area contributed by atoms with Crippen molar-refractivity contribution in [1.29, 1.82) is 0 Å². The van der Waals surface area contributed by atoms with E-state index in [0.717, 1.165) is 17.1 Å². The number of aryl methyl sites for hydroxylation is 1. The summed E-state index contributed by atoms with van der Waals surface area (Å²) in [7, 11) is 0. The van der Waals surface area contributed by atoms with E-state index < -0.39 is 0 Å². The van der Waals surface area contributed by atoms with Gasteiger partial charge in [0, 0.05) is 12.3 Å². The molecule has 0 bridgehead atoms. The lowest BCUT2D eigenvalue weighted by Gasteiger charge is -2.17. The summed E-state index contributed by atoms with van der Waals surface area (Å²) >= 11 is 1.56. The number of carbonyl (C=O) groups excluding carboxylic acids is 1. The van der Waals surface area contributed by atoms with Crippen molar-refractivity contribution in [1.82, 2.24) is 5.32 Å². The summed E-state index contributed by atoms with van der Waals surface area (Å²) in [6, 6.07) is 8.15. The van der Waals surface area contributed by atoms with Crippen molar-refractivity contribution in [2.75, 3.05) is 12.4 Å². The monoisotopic (exact) mass is 263 g/mol. The van der Waals surface area contributed by atoms with Crippen molar-refractivity contribution in [3.8, 4) is 0 Å². The maximum atomic E-state index is 12.0. The third kappa shape index (κ3) is 3.29. The summed E-state index contributed by atoms with van der Waals surface area (Å²) < 4.78 is 5.38. The molecule has 2 rings (SSSR count). The first-order valence-corrected chi connectivity index (χ1v) is 6.95. The Morgan fingerprint density at radius 3 is 2.72 bits per heavy atom. The van der Waals surface area contributed by atoms with Crippen LogP contribution in [0.2, 0.25) is 0 Å². The van der Waals surface area contributed by atoms with Crippen molar-refractivity contribution in [2.24, 2.45) is 0 Å². The lowest BCUT2D eigenvalue weighted by atomic mass is 10.1. The maximum absolute atomic E-state index is 12.0. The van der Waals surface area contributed by atoms with E-state index in [0.29, 0.717) is 18.1 Å². The first-order chi connectivity index (χ1) is 8.66. The highest BCUT2D eigenvalue weighted by atomic mass is 32.2. The van der Waals surface area contributed by atoms with Crippen molar-refractivity contribution >= 4 is 17.7 Å². The fourth-order valence-electron chi connectivity index (χ4n) is 1.70. The molecule has 1 heterocycles. The number of amides is 1. The van der Waals surface area contributed by atoms with Crippen LogP contribution in [0.25, 0.3) is 0 Å². The molecule has 1 N–H and O–H groups in total. The van der Waals surface area contributed by atoms with Crippen LogP contribution in [-0.2, 0) is 16.1 Å². The van der Waals surface area contributed by atoms with E-state index in [1.54, 1.807) is 11.8 Å². The van der Waals surface area contributed by atoms with Gasteiger partial charge in [0.2, 0.25) is 0 Å². The summed E-state index contributed by atoms with van der Waals surface area (Å²) in [6.07, 6.45) is 0. The second kappa shape index (κ2) is 5.96. The topological polar surface area (TPSA) is 38.3 Å². The first kappa shape index (κ1) is 13.0. The molecule has 0 aromatic heterocycles. The van der Waals surface area contributed by atoms with Gasteiger partial charge in [0.15, 0.2) is 0 Å². The lowest BCUT2D eigenvalue weighted by Crippen LogP contribution is -2.26. The Morgan fingerprint density at radius 2 is 2.06 bits per heavy atom. The zero-order valence-electron chi connectivity index (χ0n) is 10.7. The van der Waals surface area contributed by atoms with Gasteiger partial charge in [-0.1, -0.05) is 29.8 Å². The van der Waals surface area contributed by atoms with Crippen LogP contribution in [0.1, 0.15) is 18.1 Å². The molecule has 1 aliphatic rings. The van der Waals surface area contributed by atoms with E-state index in [4.69, 9.17) is 4.74 Å². The number of rotatable bonds is 3. The number of allylic oxidation sites excluding steroid dienone is 1. The standard InChI is InChI=1S/C14H17NO2S/c1-10-3-5-12(6-4-10)9-15-14(16)13-11(2)17-7-8-18-13/h3-6H,7-9H2,1-2H3,(H,15,16). The predicted octanol–water partition coefficient (Wildman–Crippen LogP) is 2.61. The molecule has 18 heavy (non-hydrogen) atoms. The Kier molecular flexibility index (Phi) is 4.31. The van der Waals surface area contributed by atoms with E-state index in [9.17, 15) is 4.79 Å². The van der Waals surface area contributed by atoms with Gasteiger partial charge in [-0.2, -0.15) is 0 Å². The third-order valence-corrected chi connectivity index (χ3v) is 3.88. The fourth-order valence-corrected chi connectivity index (χ4v) is 2.54. The van der Waals surface area contributed by atoms with Gasteiger partial charge in [-0.15, -0.1) is 11.8 Å². The number of hydrogen-bond acceptors (Lipinski definition) is 3. The van der Waals surface area contributed by atoms with Crippen molar-refractivity contribution < 1.29 is 9.53 Å². The molecular formula is C14H17NO2S. The molecule has 4 heteroatoms. The van der Waals surface area contributed by atoms with Crippen molar-refractivity contribution in [3.05, 3.63) is 46.1 Å². The predicted molar refractivity (Wildman–Crippen MR) is 74.1 cm³/mol. The molecule has 1 aromatic carbocycles. The SMILES string of the molecule is CC1=C(C(=O)NCc2ccc(C)cc2)SCCO1. The molecular weight excluding hydrogens is 246 g/mol.